The van der Waals surface area contributed by atoms with Crippen LogP contribution in [0.2, 0.25) is 0 Å². The third kappa shape index (κ3) is 2.81. The molecule has 1 aromatic heterocycles. The number of aryl methyl sites for hydroxylation is 3. The number of rotatable bonds is 4. The Hall–Kier alpha value is -1.81. The Kier molecular flexibility index (Phi) is 4.37. The average molecular weight is 289 g/mol. The summed E-state index contributed by atoms with van der Waals surface area (Å²) in [6, 6.07) is 3.75. The summed E-state index contributed by atoms with van der Waals surface area (Å²) in [4.78, 5) is 12.4. The maximum Gasteiger partial charge on any atom is 0.287 e. The largest absolute Gasteiger partial charge is 0.450 e. The fourth-order valence-corrected chi connectivity index (χ4v) is 2.39. The zero-order valence-electron chi connectivity index (χ0n) is 13.3. The molecule has 2 aromatic rings. The minimum absolute atomic E-state index is 0.0825. The highest BCUT2D eigenvalue weighted by atomic mass is 16.3. The van der Waals surface area contributed by atoms with Crippen LogP contribution in [-0.4, -0.2) is 23.7 Å². The summed E-state index contributed by atoms with van der Waals surface area (Å²) in [5, 5.41) is 13.1. The van der Waals surface area contributed by atoms with Crippen LogP contribution in [-0.2, 0) is 0 Å². The number of aliphatic hydroxyl groups excluding tert-OH is 1. The molecule has 0 saturated heterocycles. The molecular formula is C17H23NO3. The highest BCUT2D eigenvalue weighted by Crippen LogP contribution is 2.29. The molecule has 0 unspecified atom stereocenters. The zero-order chi connectivity index (χ0) is 15.7. The van der Waals surface area contributed by atoms with E-state index in [1.807, 2.05) is 46.8 Å². The molecule has 4 heteroatoms. The molecule has 0 aliphatic rings. The summed E-state index contributed by atoms with van der Waals surface area (Å²) in [7, 11) is 0. The van der Waals surface area contributed by atoms with Crippen LogP contribution >= 0.6 is 0 Å². The molecule has 114 valence electrons. The van der Waals surface area contributed by atoms with Gasteiger partial charge in [0.25, 0.3) is 5.91 Å². The van der Waals surface area contributed by atoms with E-state index in [1.165, 1.54) is 0 Å². The molecule has 4 nitrogen and oxygen atoms in total. The van der Waals surface area contributed by atoms with Crippen molar-refractivity contribution in [1.29, 1.82) is 0 Å². The Morgan fingerprint density at radius 1 is 1.24 bits per heavy atom. The van der Waals surface area contributed by atoms with E-state index in [0.29, 0.717) is 5.76 Å². The lowest BCUT2D eigenvalue weighted by molar-refractivity contribution is 0.0870. The van der Waals surface area contributed by atoms with Gasteiger partial charge in [-0.05, 0) is 37.8 Å². The van der Waals surface area contributed by atoms with Crippen molar-refractivity contribution in [3.05, 3.63) is 34.6 Å². The van der Waals surface area contributed by atoms with Crippen LogP contribution in [0.3, 0.4) is 0 Å². The van der Waals surface area contributed by atoms with E-state index in [2.05, 4.69) is 5.32 Å². The Labute approximate surface area is 125 Å². The fourth-order valence-electron chi connectivity index (χ4n) is 2.39. The number of amides is 1. The highest BCUT2D eigenvalue weighted by Gasteiger charge is 2.22. The van der Waals surface area contributed by atoms with E-state index < -0.39 is 0 Å². The van der Waals surface area contributed by atoms with Crippen molar-refractivity contribution in [2.75, 3.05) is 6.61 Å². The van der Waals surface area contributed by atoms with Crippen molar-refractivity contribution < 1.29 is 14.3 Å². The molecule has 0 bridgehead atoms. The maximum absolute atomic E-state index is 12.4. The molecule has 0 fully saturated rings. The van der Waals surface area contributed by atoms with Gasteiger partial charge in [-0.1, -0.05) is 26.0 Å². The molecule has 1 amide bonds. The summed E-state index contributed by atoms with van der Waals surface area (Å²) in [6.07, 6.45) is 0. The first-order chi connectivity index (χ1) is 9.86. The molecule has 21 heavy (non-hydrogen) atoms. The quantitative estimate of drug-likeness (QED) is 0.909. The average Bonchev–Trinajstić information content (AvgIpc) is 2.77. The molecule has 0 aliphatic carbocycles. The van der Waals surface area contributed by atoms with Crippen molar-refractivity contribution in [3.63, 3.8) is 0 Å². The second-order valence-corrected chi connectivity index (χ2v) is 5.95. The van der Waals surface area contributed by atoms with Crippen LogP contribution in [0.5, 0.6) is 0 Å². The van der Waals surface area contributed by atoms with Crippen molar-refractivity contribution in [2.24, 2.45) is 5.92 Å². The molecule has 0 spiro atoms. The van der Waals surface area contributed by atoms with Gasteiger partial charge < -0.3 is 14.8 Å². The number of furan rings is 1. The Balaban J connectivity index is 2.40. The molecule has 2 rings (SSSR count). The summed E-state index contributed by atoms with van der Waals surface area (Å²) in [5.74, 6) is 0.221. The first-order valence-corrected chi connectivity index (χ1v) is 7.27. The molecule has 0 aliphatic heterocycles. The van der Waals surface area contributed by atoms with E-state index in [0.717, 1.165) is 27.7 Å². The number of hydrogen-bond acceptors (Lipinski definition) is 3. The van der Waals surface area contributed by atoms with Gasteiger partial charge in [0.05, 0.1) is 12.6 Å². The van der Waals surface area contributed by atoms with Crippen LogP contribution in [0.1, 0.15) is 41.1 Å². The van der Waals surface area contributed by atoms with Crippen molar-refractivity contribution in [3.8, 4) is 0 Å². The molecule has 2 N–H and O–H groups in total. The number of carbonyl (C=O) groups is 1. The van der Waals surface area contributed by atoms with Gasteiger partial charge in [0.1, 0.15) is 5.58 Å². The highest BCUT2D eigenvalue weighted by molar-refractivity contribution is 5.99. The van der Waals surface area contributed by atoms with Gasteiger partial charge in [-0.25, -0.2) is 0 Å². The Morgan fingerprint density at radius 3 is 2.48 bits per heavy atom. The SMILES string of the molecule is Cc1ccc2c(C)c(C(=O)N[C@@H](CO)C(C)C)oc2c1C. The lowest BCUT2D eigenvalue weighted by Gasteiger charge is -2.19. The van der Waals surface area contributed by atoms with Crippen molar-refractivity contribution in [1.82, 2.24) is 5.32 Å². The van der Waals surface area contributed by atoms with Crippen LogP contribution in [0.15, 0.2) is 16.5 Å². The summed E-state index contributed by atoms with van der Waals surface area (Å²) in [6.45, 7) is 9.74. The number of nitrogens with one attached hydrogen (secondary N) is 1. The fraction of sp³-hybridized carbons (Fsp3) is 0.471. The predicted octanol–water partition coefficient (Wildman–Crippen LogP) is 3.10. The summed E-state index contributed by atoms with van der Waals surface area (Å²) in [5.41, 5.74) is 3.80. The smallest absolute Gasteiger partial charge is 0.287 e. The summed E-state index contributed by atoms with van der Waals surface area (Å²) < 4.78 is 5.80. The lowest BCUT2D eigenvalue weighted by atomic mass is 10.0. The minimum atomic E-state index is -0.270. The van der Waals surface area contributed by atoms with Crippen molar-refractivity contribution >= 4 is 16.9 Å². The number of carbonyl (C=O) groups excluding carboxylic acids is 1. The van der Waals surface area contributed by atoms with Crippen LogP contribution in [0, 0.1) is 26.7 Å². The predicted molar refractivity (Wildman–Crippen MR) is 83.6 cm³/mol. The van der Waals surface area contributed by atoms with E-state index in [1.54, 1.807) is 0 Å². The second kappa shape index (κ2) is 5.90. The molecule has 0 radical (unpaired) electrons. The number of aliphatic hydroxyl groups is 1. The zero-order valence-corrected chi connectivity index (χ0v) is 13.3. The maximum atomic E-state index is 12.4. The normalized spacial score (nSPS) is 12.9. The molecule has 0 saturated carbocycles. The molecular weight excluding hydrogens is 266 g/mol. The summed E-state index contributed by atoms with van der Waals surface area (Å²) >= 11 is 0. The van der Waals surface area contributed by atoms with Crippen LogP contribution in [0.25, 0.3) is 11.0 Å². The molecule has 1 aromatic carbocycles. The monoisotopic (exact) mass is 289 g/mol. The van der Waals surface area contributed by atoms with E-state index in [4.69, 9.17) is 4.42 Å². The number of fused-ring (bicyclic) bond motifs is 1. The minimum Gasteiger partial charge on any atom is -0.450 e. The second-order valence-electron chi connectivity index (χ2n) is 5.95. The lowest BCUT2D eigenvalue weighted by Crippen LogP contribution is -2.41. The van der Waals surface area contributed by atoms with Crippen molar-refractivity contribution in [2.45, 2.75) is 40.7 Å². The standard InChI is InChI=1S/C17H23NO3/c1-9(2)14(8-19)18-17(20)16-12(5)13-7-6-10(3)11(4)15(13)21-16/h6-7,9,14,19H,8H2,1-5H3,(H,18,20)/t14-/m0/s1. The molecule has 1 atom stereocenters. The van der Waals surface area contributed by atoms with E-state index >= 15 is 0 Å². The van der Waals surface area contributed by atoms with Gasteiger partial charge in [-0.15, -0.1) is 0 Å². The van der Waals surface area contributed by atoms with Gasteiger partial charge in [0, 0.05) is 10.9 Å². The van der Waals surface area contributed by atoms with E-state index in [-0.39, 0.29) is 24.5 Å². The topological polar surface area (TPSA) is 62.5 Å². The molecule has 1 heterocycles. The first-order valence-electron chi connectivity index (χ1n) is 7.27. The van der Waals surface area contributed by atoms with E-state index in [9.17, 15) is 9.90 Å². The van der Waals surface area contributed by atoms with Gasteiger partial charge in [-0.2, -0.15) is 0 Å². The Bertz CT molecular complexity index is 670. The Morgan fingerprint density at radius 2 is 1.90 bits per heavy atom. The van der Waals surface area contributed by atoms with Gasteiger partial charge in [-0.3, -0.25) is 4.79 Å². The van der Waals surface area contributed by atoms with Crippen LogP contribution < -0.4 is 5.32 Å². The number of benzene rings is 1. The van der Waals surface area contributed by atoms with Gasteiger partial charge >= 0.3 is 0 Å². The first kappa shape index (κ1) is 15.6. The third-order valence-electron chi connectivity index (χ3n) is 4.15. The van der Waals surface area contributed by atoms with Crippen LogP contribution in [0.4, 0.5) is 0 Å². The van der Waals surface area contributed by atoms with Gasteiger partial charge in [0.15, 0.2) is 5.76 Å². The number of hydrogen-bond donors (Lipinski definition) is 2. The third-order valence-corrected chi connectivity index (χ3v) is 4.15. The van der Waals surface area contributed by atoms with Gasteiger partial charge in [0.2, 0.25) is 0 Å².